The SMILES string of the molecule is Cc1nn(C2CCS(=O)(=O)CC2)c(N)c1I. The molecule has 0 unspecified atom stereocenters. The second kappa shape index (κ2) is 4.17. The number of aromatic nitrogens is 2. The van der Waals surface area contributed by atoms with E-state index in [0.717, 1.165) is 9.26 Å². The summed E-state index contributed by atoms with van der Waals surface area (Å²) in [5.74, 6) is 1.14. The van der Waals surface area contributed by atoms with Crippen LogP contribution in [0.1, 0.15) is 24.6 Å². The predicted octanol–water partition coefficient (Wildman–Crippen LogP) is 1.13. The number of hydrogen-bond donors (Lipinski definition) is 1. The van der Waals surface area contributed by atoms with Crippen LogP contribution in [0.5, 0.6) is 0 Å². The summed E-state index contributed by atoms with van der Waals surface area (Å²) in [7, 11) is -2.82. The predicted molar refractivity (Wildman–Crippen MR) is 71.0 cm³/mol. The molecule has 0 bridgehead atoms. The summed E-state index contributed by atoms with van der Waals surface area (Å²) in [5.41, 5.74) is 6.85. The van der Waals surface area contributed by atoms with Gasteiger partial charge in [0.05, 0.1) is 26.8 Å². The molecule has 1 fully saturated rings. The number of anilines is 1. The zero-order chi connectivity index (χ0) is 11.9. The van der Waals surface area contributed by atoms with Gasteiger partial charge in [-0.3, -0.25) is 0 Å². The largest absolute Gasteiger partial charge is 0.383 e. The molecule has 2 heterocycles. The van der Waals surface area contributed by atoms with Crippen molar-refractivity contribution < 1.29 is 8.42 Å². The van der Waals surface area contributed by atoms with Crippen LogP contribution in [-0.4, -0.2) is 29.7 Å². The number of nitrogens with zero attached hydrogens (tertiary/aromatic N) is 2. The molecule has 0 spiro atoms. The number of aryl methyl sites for hydroxylation is 1. The first-order valence-corrected chi connectivity index (χ1v) is 8.01. The second-order valence-corrected chi connectivity index (χ2v) is 7.49. The normalized spacial score (nSPS) is 21.1. The highest BCUT2D eigenvalue weighted by Crippen LogP contribution is 2.29. The van der Waals surface area contributed by atoms with Crippen molar-refractivity contribution in [2.24, 2.45) is 0 Å². The van der Waals surface area contributed by atoms with Crippen LogP contribution in [0.2, 0.25) is 0 Å². The van der Waals surface area contributed by atoms with Gasteiger partial charge in [-0.2, -0.15) is 5.10 Å². The van der Waals surface area contributed by atoms with E-state index < -0.39 is 9.84 Å². The van der Waals surface area contributed by atoms with Gasteiger partial charge in [-0.25, -0.2) is 13.1 Å². The van der Waals surface area contributed by atoms with Crippen molar-refractivity contribution in [3.8, 4) is 0 Å². The van der Waals surface area contributed by atoms with Crippen molar-refractivity contribution in [3.05, 3.63) is 9.26 Å². The smallest absolute Gasteiger partial charge is 0.150 e. The molecule has 16 heavy (non-hydrogen) atoms. The lowest BCUT2D eigenvalue weighted by Crippen LogP contribution is -2.26. The van der Waals surface area contributed by atoms with Gasteiger partial charge in [-0.1, -0.05) is 0 Å². The third kappa shape index (κ3) is 2.20. The standard InChI is InChI=1S/C9H14IN3O2S/c1-6-8(10)9(11)13(12-6)7-2-4-16(14,15)5-3-7/h7H,2-5,11H2,1H3. The molecule has 0 saturated carbocycles. The summed E-state index contributed by atoms with van der Waals surface area (Å²) in [6, 6.07) is 0.130. The molecular weight excluding hydrogens is 341 g/mol. The maximum atomic E-state index is 11.3. The first-order chi connectivity index (χ1) is 7.41. The fourth-order valence-corrected chi connectivity index (χ4v) is 3.77. The monoisotopic (exact) mass is 355 g/mol. The Morgan fingerprint density at radius 2 is 2.00 bits per heavy atom. The lowest BCUT2D eigenvalue weighted by Gasteiger charge is -2.23. The second-order valence-electron chi connectivity index (χ2n) is 4.11. The summed E-state index contributed by atoms with van der Waals surface area (Å²) in [4.78, 5) is 0. The van der Waals surface area contributed by atoms with E-state index >= 15 is 0 Å². The molecular formula is C9H14IN3O2S. The number of nitrogen functional groups attached to an aromatic ring is 1. The molecule has 2 N–H and O–H groups in total. The Morgan fingerprint density at radius 3 is 2.44 bits per heavy atom. The maximum Gasteiger partial charge on any atom is 0.150 e. The van der Waals surface area contributed by atoms with Gasteiger partial charge < -0.3 is 5.73 Å². The third-order valence-electron chi connectivity index (χ3n) is 2.92. The molecule has 1 saturated heterocycles. The number of halogens is 1. The minimum atomic E-state index is -2.82. The van der Waals surface area contributed by atoms with Crippen LogP contribution in [0.15, 0.2) is 0 Å². The fraction of sp³-hybridized carbons (Fsp3) is 0.667. The Kier molecular flexibility index (Phi) is 3.17. The molecule has 1 aliphatic rings. The first kappa shape index (κ1) is 12.2. The number of hydrogen-bond acceptors (Lipinski definition) is 4. The van der Waals surface area contributed by atoms with Crippen molar-refractivity contribution >= 4 is 38.2 Å². The Morgan fingerprint density at radius 1 is 1.44 bits per heavy atom. The number of nitrogens with two attached hydrogens (primary N) is 1. The van der Waals surface area contributed by atoms with Gasteiger partial charge >= 0.3 is 0 Å². The molecule has 90 valence electrons. The molecule has 2 rings (SSSR count). The van der Waals surface area contributed by atoms with E-state index in [0.29, 0.717) is 18.7 Å². The molecule has 0 atom stereocenters. The minimum absolute atomic E-state index is 0.130. The third-order valence-corrected chi connectivity index (χ3v) is 5.97. The van der Waals surface area contributed by atoms with Gasteiger partial charge in [0.2, 0.25) is 0 Å². The average molecular weight is 355 g/mol. The summed E-state index contributed by atoms with van der Waals surface area (Å²) in [5, 5.41) is 4.37. The van der Waals surface area contributed by atoms with Crippen molar-refractivity contribution in [2.45, 2.75) is 25.8 Å². The Hall–Kier alpha value is -0.310. The van der Waals surface area contributed by atoms with Crippen LogP contribution >= 0.6 is 22.6 Å². The van der Waals surface area contributed by atoms with Gasteiger partial charge in [0.25, 0.3) is 0 Å². The fourth-order valence-electron chi connectivity index (χ4n) is 1.95. The highest BCUT2D eigenvalue weighted by molar-refractivity contribution is 14.1. The highest BCUT2D eigenvalue weighted by Gasteiger charge is 2.27. The van der Waals surface area contributed by atoms with E-state index in [1.165, 1.54) is 0 Å². The lowest BCUT2D eigenvalue weighted by molar-refractivity contribution is 0.417. The summed E-state index contributed by atoms with van der Waals surface area (Å²) in [6.45, 7) is 1.91. The van der Waals surface area contributed by atoms with Crippen LogP contribution in [0, 0.1) is 10.5 Å². The van der Waals surface area contributed by atoms with Crippen LogP contribution in [0.4, 0.5) is 5.82 Å². The van der Waals surface area contributed by atoms with Crippen LogP contribution < -0.4 is 5.73 Å². The van der Waals surface area contributed by atoms with Gasteiger partial charge in [-0.05, 0) is 42.4 Å². The zero-order valence-electron chi connectivity index (χ0n) is 8.98. The van der Waals surface area contributed by atoms with Crippen molar-refractivity contribution in [1.29, 1.82) is 0 Å². The van der Waals surface area contributed by atoms with Crippen molar-refractivity contribution in [1.82, 2.24) is 9.78 Å². The van der Waals surface area contributed by atoms with Crippen molar-refractivity contribution in [2.75, 3.05) is 17.2 Å². The molecule has 0 amide bonds. The van der Waals surface area contributed by atoms with E-state index in [4.69, 9.17) is 5.73 Å². The first-order valence-electron chi connectivity index (χ1n) is 5.11. The molecule has 0 aliphatic carbocycles. The van der Waals surface area contributed by atoms with Crippen LogP contribution in [0.3, 0.4) is 0 Å². The molecule has 1 aliphatic heterocycles. The van der Waals surface area contributed by atoms with Gasteiger partial charge in [0, 0.05) is 0 Å². The van der Waals surface area contributed by atoms with E-state index in [1.54, 1.807) is 4.68 Å². The quantitative estimate of drug-likeness (QED) is 0.766. The molecule has 1 aromatic rings. The molecule has 7 heteroatoms. The topological polar surface area (TPSA) is 78.0 Å². The van der Waals surface area contributed by atoms with E-state index in [2.05, 4.69) is 27.7 Å². The van der Waals surface area contributed by atoms with Gasteiger partial charge in [0.1, 0.15) is 15.7 Å². The zero-order valence-corrected chi connectivity index (χ0v) is 12.0. The summed E-state index contributed by atoms with van der Waals surface area (Å²) >= 11 is 2.17. The highest BCUT2D eigenvalue weighted by atomic mass is 127. The summed E-state index contributed by atoms with van der Waals surface area (Å²) < 4.78 is 25.4. The average Bonchev–Trinajstić information content (AvgIpc) is 2.46. The molecule has 0 aromatic carbocycles. The summed E-state index contributed by atoms with van der Waals surface area (Å²) in [6.07, 6.45) is 1.23. The van der Waals surface area contributed by atoms with Crippen LogP contribution in [-0.2, 0) is 9.84 Å². The number of sulfone groups is 1. The van der Waals surface area contributed by atoms with E-state index in [1.807, 2.05) is 6.92 Å². The van der Waals surface area contributed by atoms with Gasteiger partial charge in [-0.15, -0.1) is 0 Å². The van der Waals surface area contributed by atoms with Crippen molar-refractivity contribution in [3.63, 3.8) is 0 Å². The molecule has 5 nitrogen and oxygen atoms in total. The minimum Gasteiger partial charge on any atom is -0.383 e. The number of rotatable bonds is 1. The Labute approximate surface area is 108 Å². The van der Waals surface area contributed by atoms with E-state index in [-0.39, 0.29) is 17.5 Å². The lowest BCUT2D eigenvalue weighted by atomic mass is 10.2. The maximum absolute atomic E-state index is 11.3. The Bertz CT molecular complexity index is 495. The van der Waals surface area contributed by atoms with Crippen LogP contribution in [0.25, 0.3) is 0 Å². The van der Waals surface area contributed by atoms with E-state index in [9.17, 15) is 8.42 Å². The molecule has 0 radical (unpaired) electrons. The van der Waals surface area contributed by atoms with Gasteiger partial charge in [0.15, 0.2) is 0 Å². The molecule has 1 aromatic heterocycles. The Balaban J connectivity index is 2.24.